The average Bonchev–Trinajstić information content (AvgIpc) is 2.92. The van der Waals surface area contributed by atoms with Crippen LogP contribution in [0.1, 0.15) is 25.7 Å². The molecule has 0 bridgehead atoms. The number of amides is 2. The molecule has 0 unspecified atom stereocenters. The highest BCUT2D eigenvalue weighted by Crippen LogP contribution is 2.22. The molecule has 0 radical (unpaired) electrons. The van der Waals surface area contributed by atoms with E-state index >= 15 is 0 Å². The van der Waals surface area contributed by atoms with Crippen LogP contribution in [-0.4, -0.2) is 63.4 Å². The van der Waals surface area contributed by atoms with Crippen LogP contribution in [0.2, 0.25) is 0 Å². The number of ether oxygens (including phenoxy) is 1. The molecule has 2 N–H and O–H groups in total. The standard InChI is InChI=1S/C19H30N4O2/c24-19(20-8-11-22-12-14-25-15-13-22)21-17-6-5-7-18(16-17)23-9-3-1-2-4-10-23/h5-7,16H,1-4,8-15H2,(H2,20,21,24). The molecule has 2 heterocycles. The van der Waals surface area contributed by atoms with Crippen LogP contribution in [0, 0.1) is 0 Å². The molecule has 6 nitrogen and oxygen atoms in total. The first kappa shape index (κ1) is 18.0. The van der Waals surface area contributed by atoms with E-state index in [1.54, 1.807) is 0 Å². The minimum atomic E-state index is -0.138. The summed E-state index contributed by atoms with van der Waals surface area (Å²) in [7, 11) is 0. The molecule has 25 heavy (non-hydrogen) atoms. The van der Waals surface area contributed by atoms with Crippen LogP contribution in [0.5, 0.6) is 0 Å². The first-order valence-electron chi connectivity index (χ1n) is 9.51. The van der Waals surface area contributed by atoms with E-state index in [0.717, 1.165) is 51.6 Å². The summed E-state index contributed by atoms with van der Waals surface area (Å²) in [6.45, 7) is 7.19. The van der Waals surface area contributed by atoms with Gasteiger partial charge in [0.15, 0.2) is 0 Å². The van der Waals surface area contributed by atoms with Crippen LogP contribution in [0.15, 0.2) is 24.3 Å². The lowest BCUT2D eigenvalue weighted by Gasteiger charge is -2.26. The SMILES string of the molecule is O=C(NCCN1CCOCC1)Nc1cccc(N2CCCCCC2)c1. The van der Waals surface area contributed by atoms with Gasteiger partial charge in [0.1, 0.15) is 0 Å². The zero-order valence-corrected chi connectivity index (χ0v) is 15.0. The summed E-state index contributed by atoms with van der Waals surface area (Å²) in [5.41, 5.74) is 2.05. The van der Waals surface area contributed by atoms with Crippen LogP contribution in [0.3, 0.4) is 0 Å². The molecule has 0 aliphatic carbocycles. The van der Waals surface area contributed by atoms with Crippen molar-refractivity contribution >= 4 is 17.4 Å². The van der Waals surface area contributed by atoms with Gasteiger partial charge in [0.25, 0.3) is 0 Å². The van der Waals surface area contributed by atoms with Crippen molar-refractivity contribution in [3.8, 4) is 0 Å². The van der Waals surface area contributed by atoms with Gasteiger partial charge in [-0.2, -0.15) is 0 Å². The molecule has 0 saturated carbocycles. The van der Waals surface area contributed by atoms with E-state index in [-0.39, 0.29) is 6.03 Å². The Labute approximate surface area is 150 Å². The first-order valence-corrected chi connectivity index (χ1v) is 9.51. The Morgan fingerprint density at radius 1 is 1.04 bits per heavy atom. The van der Waals surface area contributed by atoms with Crippen LogP contribution in [0.4, 0.5) is 16.2 Å². The third-order valence-corrected chi connectivity index (χ3v) is 4.89. The number of morpholine rings is 1. The molecule has 1 aromatic carbocycles. The van der Waals surface area contributed by atoms with Gasteiger partial charge in [-0.25, -0.2) is 4.79 Å². The van der Waals surface area contributed by atoms with Gasteiger partial charge >= 0.3 is 6.03 Å². The number of nitrogens with zero attached hydrogens (tertiary/aromatic N) is 2. The molecule has 0 spiro atoms. The molecule has 2 saturated heterocycles. The second-order valence-electron chi connectivity index (χ2n) is 6.79. The topological polar surface area (TPSA) is 56.8 Å². The van der Waals surface area contributed by atoms with E-state index in [2.05, 4.69) is 32.6 Å². The largest absolute Gasteiger partial charge is 0.379 e. The van der Waals surface area contributed by atoms with Crippen molar-refractivity contribution in [1.29, 1.82) is 0 Å². The van der Waals surface area contributed by atoms with Crippen LogP contribution in [0.25, 0.3) is 0 Å². The average molecular weight is 346 g/mol. The van der Waals surface area contributed by atoms with Crippen LogP contribution < -0.4 is 15.5 Å². The zero-order chi connectivity index (χ0) is 17.3. The van der Waals surface area contributed by atoms with E-state index in [1.165, 1.54) is 31.4 Å². The fraction of sp³-hybridized carbons (Fsp3) is 0.632. The first-order chi connectivity index (χ1) is 12.3. The maximum atomic E-state index is 12.1. The Bertz CT molecular complexity index is 538. The van der Waals surface area contributed by atoms with Crippen molar-refractivity contribution in [1.82, 2.24) is 10.2 Å². The highest BCUT2D eigenvalue weighted by molar-refractivity contribution is 5.89. The number of anilines is 2. The number of rotatable bonds is 5. The molecule has 1 aromatic rings. The molecule has 0 atom stereocenters. The van der Waals surface area contributed by atoms with Crippen molar-refractivity contribution in [2.24, 2.45) is 0 Å². The fourth-order valence-corrected chi connectivity index (χ4v) is 3.44. The van der Waals surface area contributed by atoms with E-state index in [9.17, 15) is 4.79 Å². The van der Waals surface area contributed by atoms with Crippen molar-refractivity contribution in [3.05, 3.63) is 24.3 Å². The smallest absolute Gasteiger partial charge is 0.319 e. The van der Waals surface area contributed by atoms with Crippen molar-refractivity contribution < 1.29 is 9.53 Å². The van der Waals surface area contributed by atoms with Crippen molar-refractivity contribution in [2.45, 2.75) is 25.7 Å². The molecule has 3 rings (SSSR count). The highest BCUT2D eigenvalue weighted by Gasteiger charge is 2.12. The number of carbonyl (C=O) groups excluding carboxylic acids is 1. The van der Waals surface area contributed by atoms with E-state index in [1.807, 2.05) is 12.1 Å². The third-order valence-electron chi connectivity index (χ3n) is 4.89. The minimum absolute atomic E-state index is 0.138. The predicted molar refractivity (Wildman–Crippen MR) is 101 cm³/mol. The quantitative estimate of drug-likeness (QED) is 0.860. The summed E-state index contributed by atoms with van der Waals surface area (Å²) in [5.74, 6) is 0. The van der Waals surface area contributed by atoms with E-state index in [0.29, 0.717) is 6.54 Å². The lowest BCUT2D eigenvalue weighted by Crippen LogP contribution is -2.42. The normalized spacial score (nSPS) is 19.3. The van der Waals surface area contributed by atoms with Gasteiger partial charge in [-0.1, -0.05) is 18.9 Å². The second-order valence-corrected chi connectivity index (χ2v) is 6.79. The Hall–Kier alpha value is -1.79. The minimum Gasteiger partial charge on any atom is -0.379 e. The Balaban J connectivity index is 1.45. The molecule has 2 fully saturated rings. The Kier molecular flexibility index (Phi) is 6.94. The van der Waals surface area contributed by atoms with Crippen molar-refractivity contribution in [3.63, 3.8) is 0 Å². The highest BCUT2D eigenvalue weighted by atomic mass is 16.5. The lowest BCUT2D eigenvalue weighted by molar-refractivity contribution is 0.0388. The molecule has 2 aliphatic heterocycles. The van der Waals surface area contributed by atoms with Gasteiger partial charge in [-0.15, -0.1) is 0 Å². The number of benzene rings is 1. The van der Waals surface area contributed by atoms with Gasteiger partial charge in [-0.05, 0) is 31.0 Å². The van der Waals surface area contributed by atoms with Gasteiger partial charge < -0.3 is 20.3 Å². The van der Waals surface area contributed by atoms with E-state index in [4.69, 9.17) is 4.74 Å². The molecular formula is C19H30N4O2. The number of hydrogen-bond acceptors (Lipinski definition) is 4. The van der Waals surface area contributed by atoms with Gasteiger partial charge in [-0.3, -0.25) is 4.90 Å². The number of carbonyl (C=O) groups is 1. The predicted octanol–water partition coefficient (Wildman–Crippen LogP) is 2.52. The maximum absolute atomic E-state index is 12.1. The number of urea groups is 1. The van der Waals surface area contributed by atoms with Gasteiger partial charge in [0, 0.05) is 50.6 Å². The van der Waals surface area contributed by atoms with Gasteiger partial charge in [0.05, 0.1) is 13.2 Å². The molecule has 0 aromatic heterocycles. The molecule has 2 aliphatic rings. The molecule has 6 heteroatoms. The summed E-state index contributed by atoms with van der Waals surface area (Å²) in [6.07, 6.45) is 5.14. The Morgan fingerprint density at radius 2 is 1.80 bits per heavy atom. The fourth-order valence-electron chi connectivity index (χ4n) is 3.44. The zero-order valence-electron chi connectivity index (χ0n) is 15.0. The Morgan fingerprint density at radius 3 is 2.56 bits per heavy atom. The van der Waals surface area contributed by atoms with Crippen LogP contribution >= 0.6 is 0 Å². The monoisotopic (exact) mass is 346 g/mol. The maximum Gasteiger partial charge on any atom is 0.319 e. The number of hydrogen-bond donors (Lipinski definition) is 2. The van der Waals surface area contributed by atoms with Crippen LogP contribution in [-0.2, 0) is 4.74 Å². The third kappa shape index (κ3) is 5.90. The summed E-state index contributed by atoms with van der Waals surface area (Å²) in [4.78, 5) is 16.9. The molecular weight excluding hydrogens is 316 g/mol. The lowest BCUT2D eigenvalue weighted by atomic mass is 10.2. The summed E-state index contributed by atoms with van der Waals surface area (Å²) < 4.78 is 5.33. The van der Waals surface area contributed by atoms with Crippen molar-refractivity contribution in [2.75, 3.05) is 62.7 Å². The molecule has 138 valence electrons. The van der Waals surface area contributed by atoms with Gasteiger partial charge in [0.2, 0.25) is 0 Å². The summed E-state index contributed by atoms with van der Waals surface area (Å²) in [5, 5.41) is 5.90. The molecule has 2 amide bonds. The van der Waals surface area contributed by atoms with E-state index < -0.39 is 0 Å². The second kappa shape index (κ2) is 9.63. The number of nitrogens with one attached hydrogen (secondary N) is 2. The summed E-state index contributed by atoms with van der Waals surface area (Å²) >= 11 is 0. The summed E-state index contributed by atoms with van der Waals surface area (Å²) in [6, 6.07) is 8.04.